The van der Waals surface area contributed by atoms with Crippen LogP contribution >= 0.6 is 0 Å². The van der Waals surface area contributed by atoms with E-state index < -0.39 is 0 Å². The van der Waals surface area contributed by atoms with Gasteiger partial charge in [-0.15, -0.1) is 0 Å². The minimum Gasteiger partial charge on any atom is -0.309 e. The van der Waals surface area contributed by atoms with Gasteiger partial charge in [0.05, 0.1) is 33.3 Å². The Kier molecular flexibility index (Phi) is 6.82. The van der Waals surface area contributed by atoms with Crippen LogP contribution in [-0.2, 0) is 0 Å². The first-order valence-electron chi connectivity index (χ1n) is 18.3. The minimum atomic E-state index is 0.707. The van der Waals surface area contributed by atoms with Crippen LogP contribution in [0.15, 0.2) is 194 Å². The molecule has 0 aliphatic rings. The van der Waals surface area contributed by atoms with Crippen LogP contribution in [0.1, 0.15) is 0 Å². The van der Waals surface area contributed by atoms with E-state index in [1.807, 2.05) is 12.1 Å². The van der Waals surface area contributed by atoms with Gasteiger partial charge in [-0.2, -0.15) is 0 Å². The fourth-order valence-corrected chi connectivity index (χ4v) is 8.22. The Bertz CT molecular complexity index is 3140. The summed E-state index contributed by atoms with van der Waals surface area (Å²) in [6, 6.07) is 69.0. The number of nitrogens with zero attached hydrogens (tertiary/aromatic N) is 4. The van der Waals surface area contributed by atoms with Crippen LogP contribution in [0.25, 0.3) is 99.7 Å². The van der Waals surface area contributed by atoms with Crippen LogP contribution in [0, 0.1) is 0 Å². The SMILES string of the molecule is c1ccc(-c2ccc3nc(-c4ccc(-n5c6ccccc6c6cc(-n7c8ccccc8c8ccccc87)ccc65)cc4)nc(-c4ccccc4)c3c2)cc1. The van der Waals surface area contributed by atoms with E-state index in [2.05, 4.69) is 191 Å². The van der Waals surface area contributed by atoms with Crippen molar-refractivity contribution in [2.45, 2.75) is 0 Å². The third-order valence-corrected chi connectivity index (χ3v) is 10.7. The maximum atomic E-state index is 5.23. The van der Waals surface area contributed by atoms with E-state index in [4.69, 9.17) is 9.97 Å². The lowest BCUT2D eigenvalue weighted by molar-refractivity contribution is 1.16. The van der Waals surface area contributed by atoms with Gasteiger partial charge in [-0.3, -0.25) is 0 Å². The van der Waals surface area contributed by atoms with Gasteiger partial charge in [0.25, 0.3) is 0 Å². The van der Waals surface area contributed by atoms with Crippen LogP contribution in [0.4, 0.5) is 0 Å². The van der Waals surface area contributed by atoms with Gasteiger partial charge in [-0.25, -0.2) is 9.97 Å². The zero-order valence-corrected chi connectivity index (χ0v) is 29.3. The van der Waals surface area contributed by atoms with Crippen molar-refractivity contribution in [2.24, 2.45) is 0 Å². The zero-order chi connectivity index (χ0) is 35.6. The second kappa shape index (κ2) is 12.1. The Balaban J connectivity index is 1.04. The van der Waals surface area contributed by atoms with Gasteiger partial charge in [0.2, 0.25) is 0 Å². The first-order chi connectivity index (χ1) is 26.8. The van der Waals surface area contributed by atoms with Crippen molar-refractivity contribution in [1.29, 1.82) is 0 Å². The van der Waals surface area contributed by atoms with Crippen LogP contribution in [0.5, 0.6) is 0 Å². The average molecular weight is 689 g/mol. The quantitative estimate of drug-likeness (QED) is 0.180. The van der Waals surface area contributed by atoms with Gasteiger partial charge in [0.1, 0.15) is 0 Å². The molecule has 8 aromatic carbocycles. The monoisotopic (exact) mass is 688 g/mol. The molecule has 0 bridgehead atoms. The molecule has 0 spiro atoms. The molecule has 0 fully saturated rings. The van der Waals surface area contributed by atoms with Crippen molar-refractivity contribution >= 4 is 54.5 Å². The topological polar surface area (TPSA) is 35.6 Å². The van der Waals surface area contributed by atoms with Crippen LogP contribution in [0.3, 0.4) is 0 Å². The van der Waals surface area contributed by atoms with Crippen molar-refractivity contribution in [3.63, 3.8) is 0 Å². The summed E-state index contributed by atoms with van der Waals surface area (Å²) < 4.78 is 4.76. The number of rotatable bonds is 5. The lowest BCUT2D eigenvalue weighted by Crippen LogP contribution is -1.97. The van der Waals surface area contributed by atoms with Gasteiger partial charge in [-0.1, -0.05) is 121 Å². The maximum absolute atomic E-state index is 5.23. The first kappa shape index (κ1) is 30.3. The lowest BCUT2D eigenvalue weighted by Gasteiger charge is -2.13. The van der Waals surface area contributed by atoms with Crippen molar-refractivity contribution in [1.82, 2.24) is 19.1 Å². The molecule has 0 saturated heterocycles. The number of benzene rings is 8. The lowest BCUT2D eigenvalue weighted by atomic mass is 10.00. The Morgan fingerprint density at radius 1 is 0.296 bits per heavy atom. The third kappa shape index (κ3) is 4.78. The predicted molar refractivity (Wildman–Crippen MR) is 225 cm³/mol. The van der Waals surface area contributed by atoms with Gasteiger partial charge >= 0.3 is 0 Å². The Morgan fingerprint density at radius 2 is 0.796 bits per heavy atom. The Labute approximate surface area is 311 Å². The largest absolute Gasteiger partial charge is 0.309 e. The van der Waals surface area contributed by atoms with Crippen molar-refractivity contribution in [2.75, 3.05) is 0 Å². The van der Waals surface area contributed by atoms with Crippen LogP contribution < -0.4 is 0 Å². The van der Waals surface area contributed by atoms with Crippen LogP contribution in [-0.4, -0.2) is 19.1 Å². The summed E-state index contributed by atoms with van der Waals surface area (Å²) in [5, 5.41) is 6.00. The molecule has 0 saturated carbocycles. The standard InChI is InChI=1S/C50H32N4/c1-3-13-33(14-4-1)36-25-29-44-43(31-36)49(34-15-5-2-6-16-34)52-50(51-44)35-23-26-37(27-24-35)53-47-22-12-9-19-41(47)42-32-38(28-30-48(42)53)54-45-20-10-7-17-39(45)40-18-8-11-21-46(40)54/h1-32H. The summed E-state index contributed by atoms with van der Waals surface area (Å²) >= 11 is 0. The summed E-state index contributed by atoms with van der Waals surface area (Å²) in [5.74, 6) is 0.707. The minimum absolute atomic E-state index is 0.707. The van der Waals surface area contributed by atoms with Crippen molar-refractivity contribution in [3.8, 4) is 45.1 Å². The van der Waals surface area contributed by atoms with Gasteiger partial charge in [0, 0.05) is 49.4 Å². The van der Waals surface area contributed by atoms with E-state index in [-0.39, 0.29) is 0 Å². The molecule has 11 aromatic rings. The molecule has 3 aromatic heterocycles. The van der Waals surface area contributed by atoms with E-state index in [0.717, 1.165) is 50.2 Å². The second-order valence-corrected chi connectivity index (χ2v) is 13.8. The van der Waals surface area contributed by atoms with E-state index in [1.54, 1.807) is 0 Å². The molecule has 3 heterocycles. The molecule has 0 unspecified atom stereocenters. The van der Waals surface area contributed by atoms with Gasteiger partial charge in [-0.05, 0) is 83.9 Å². The van der Waals surface area contributed by atoms with Gasteiger partial charge in [0.15, 0.2) is 5.82 Å². The van der Waals surface area contributed by atoms with E-state index in [9.17, 15) is 0 Å². The molecule has 0 amide bonds. The smallest absolute Gasteiger partial charge is 0.160 e. The summed E-state index contributed by atoms with van der Waals surface area (Å²) in [5.41, 5.74) is 13.2. The highest BCUT2D eigenvalue weighted by Gasteiger charge is 2.17. The highest BCUT2D eigenvalue weighted by Crippen LogP contribution is 2.38. The Hall–Kier alpha value is -7.30. The molecule has 54 heavy (non-hydrogen) atoms. The zero-order valence-electron chi connectivity index (χ0n) is 29.3. The molecule has 4 heteroatoms. The first-order valence-corrected chi connectivity index (χ1v) is 18.3. The summed E-state index contributed by atoms with van der Waals surface area (Å²) in [6.45, 7) is 0. The molecule has 0 aliphatic heterocycles. The maximum Gasteiger partial charge on any atom is 0.160 e. The summed E-state index contributed by atoms with van der Waals surface area (Å²) in [6.07, 6.45) is 0. The normalized spacial score (nSPS) is 11.7. The fraction of sp³-hybridized carbons (Fsp3) is 0. The highest BCUT2D eigenvalue weighted by atomic mass is 15.0. The number of fused-ring (bicyclic) bond motifs is 7. The molecule has 4 nitrogen and oxygen atoms in total. The molecule has 0 N–H and O–H groups in total. The van der Waals surface area contributed by atoms with Crippen LogP contribution in [0.2, 0.25) is 0 Å². The summed E-state index contributed by atoms with van der Waals surface area (Å²) in [7, 11) is 0. The number of aromatic nitrogens is 4. The van der Waals surface area contributed by atoms with E-state index >= 15 is 0 Å². The van der Waals surface area contributed by atoms with E-state index in [1.165, 1.54) is 43.7 Å². The predicted octanol–water partition coefficient (Wildman–Crippen LogP) is 12.8. The average Bonchev–Trinajstić information content (AvgIpc) is 3.76. The fourth-order valence-electron chi connectivity index (χ4n) is 8.22. The number of hydrogen-bond acceptors (Lipinski definition) is 2. The third-order valence-electron chi connectivity index (χ3n) is 10.7. The van der Waals surface area contributed by atoms with Crippen molar-refractivity contribution < 1.29 is 0 Å². The molecule has 0 aliphatic carbocycles. The second-order valence-electron chi connectivity index (χ2n) is 13.8. The molecular weight excluding hydrogens is 657 g/mol. The van der Waals surface area contributed by atoms with Gasteiger partial charge < -0.3 is 9.13 Å². The molecule has 0 atom stereocenters. The van der Waals surface area contributed by atoms with E-state index in [0.29, 0.717) is 5.82 Å². The van der Waals surface area contributed by atoms with Crippen molar-refractivity contribution in [3.05, 3.63) is 194 Å². The molecule has 11 rings (SSSR count). The summed E-state index contributed by atoms with van der Waals surface area (Å²) in [4.78, 5) is 10.3. The highest BCUT2D eigenvalue weighted by molar-refractivity contribution is 6.12. The molecule has 252 valence electrons. The number of para-hydroxylation sites is 3. The number of hydrogen-bond donors (Lipinski definition) is 0. The Morgan fingerprint density at radius 3 is 1.44 bits per heavy atom. The molecular formula is C50H32N4. The molecule has 0 radical (unpaired) electrons.